The molecule has 4 heterocycles. The van der Waals surface area contributed by atoms with Gasteiger partial charge in [0, 0.05) is 42.0 Å². The average molecular weight is 680 g/mol. The van der Waals surface area contributed by atoms with E-state index in [4.69, 9.17) is 0 Å². The van der Waals surface area contributed by atoms with Crippen LogP contribution in [0.1, 0.15) is 12.8 Å². The number of hydrogen-bond acceptors (Lipinski definition) is 7. The smallest absolute Gasteiger partial charge is 0.248 e. The number of halogens is 1. The minimum absolute atomic E-state index is 0.0629. The van der Waals surface area contributed by atoms with Crippen molar-refractivity contribution in [3.8, 4) is 0 Å². The Balaban J connectivity index is 1.38. The molecule has 3 unspecified atom stereocenters. The Morgan fingerprint density at radius 1 is 1.09 bits per heavy atom. The molecule has 6 atom stereocenters. The summed E-state index contributed by atoms with van der Waals surface area (Å²) in [6, 6.07) is 16.1. The molecule has 2 bridgehead atoms. The van der Waals surface area contributed by atoms with E-state index in [2.05, 4.69) is 39.4 Å². The van der Waals surface area contributed by atoms with Crippen molar-refractivity contribution in [2.75, 3.05) is 31.1 Å². The lowest BCUT2D eigenvalue weighted by Crippen LogP contribution is -2.56. The van der Waals surface area contributed by atoms with Gasteiger partial charge in [-0.1, -0.05) is 63.6 Å². The van der Waals surface area contributed by atoms with Crippen molar-refractivity contribution in [3.05, 3.63) is 79.9 Å². The number of aliphatic hydroxyl groups is 1. The number of alkyl halides is 1. The van der Waals surface area contributed by atoms with E-state index in [-0.39, 0.29) is 54.2 Å². The van der Waals surface area contributed by atoms with Crippen molar-refractivity contribution in [1.82, 2.24) is 24.8 Å². The van der Waals surface area contributed by atoms with E-state index < -0.39 is 22.6 Å². The highest BCUT2D eigenvalue weighted by Gasteiger charge is 2.76. The molecule has 2 aromatic carbocycles. The first-order valence-corrected chi connectivity index (χ1v) is 16.5. The minimum atomic E-state index is -0.821. The Hall–Kier alpha value is -3.48. The number of carbonyl (C=O) groups excluding carboxylic acids is 3. The second kappa shape index (κ2) is 12.5. The number of aromatic nitrogens is 3. The van der Waals surface area contributed by atoms with Crippen molar-refractivity contribution in [2.24, 2.45) is 11.8 Å². The van der Waals surface area contributed by atoms with E-state index in [1.165, 1.54) is 0 Å². The Bertz CT molecular complexity index is 1580. The van der Waals surface area contributed by atoms with Crippen LogP contribution in [-0.2, 0) is 21.1 Å². The van der Waals surface area contributed by atoms with Crippen LogP contribution in [0.5, 0.6) is 0 Å². The zero-order valence-electron chi connectivity index (χ0n) is 24.2. The predicted octanol–water partition coefficient (Wildman–Crippen LogP) is 3.47. The summed E-state index contributed by atoms with van der Waals surface area (Å²) in [6.45, 7) is 8.51. The van der Waals surface area contributed by atoms with Gasteiger partial charge in [-0.25, -0.2) is 4.68 Å². The van der Waals surface area contributed by atoms with Gasteiger partial charge in [-0.15, -0.1) is 30.0 Å². The zero-order valence-corrected chi connectivity index (χ0v) is 26.6. The number of carbonyl (C=O) groups is 3. The van der Waals surface area contributed by atoms with Gasteiger partial charge in [-0.3, -0.25) is 14.4 Å². The number of benzene rings is 2. The Morgan fingerprint density at radius 2 is 1.82 bits per heavy atom. The van der Waals surface area contributed by atoms with Gasteiger partial charge in [-0.05, 0) is 37.1 Å². The van der Waals surface area contributed by atoms with Crippen molar-refractivity contribution in [3.63, 3.8) is 0 Å². The number of para-hydroxylation sites is 2. The molecule has 1 N–H and O–H groups in total. The molecule has 12 heteroatoms. The molecule has 3 aliphatic rings. The molecular weight excluding hydrogens is 644 g/mol. The summed E-state index contributed by atoms with van der Waals surface area (Å²) >= 11 is 5.44. The van der Waals surface area contributed by atoms with E-state index in [1.54, 1.807) is 43.3 Å². The van der Waals surface area contributed by atoms with Crippen LogP contribution in [0, 0.1) is 11.8 Å². The number of likely N-dealkylation sites (tertiary alicyclic amines) is 1. The monoisotopic (exact) mass is 678 g/mol. The molecule has 10 nitrogen and oxygen atoms in total. The van der Waals surface area contributed by atoms with Crippen LogP contribution < -0.4 is 4.90 Å². The molecule has 3 saturated heterocycles. The maximum Gasteiger partial charge on any atom is 0.248 e. The van der Waals surface area contributed by atoms with E-state index in [1.807, 2.05) is 54.6 Å². The Labute approximate surface area is 268 Å². The summed E-state index contributed by atoms with van der Waals surface area (Å²) in [4.78, 5) is 48.4. The number of anilines is 1. The van der Waals surface area contributed by atoms with Crippen LogP contribution in [-0.4, -0.2) is 94.7 Å². The van der Waals surface area contributed by atoms with Crippen LogP contribution in [0.4, 0.5) is 5.69 Å². The fourth-order valence-corrected chi connectivity index (χ4v) is 10.7. The summed E-state index contributed by atoms with van der Waals surface area (Å²) in [6.07, 6.45) is 4.23. The first-order valence-electron chi connectivity index (χ1n) is 14.7. The molecule has 6 rings (SSSR count). The fourth-order valence-electron chi connectivity index (χ4n) is 7.14. The van der Waals surface area contributed by atoms with Crippen LogP contribution in [0.15, 0.2) is 79.9 Å². The first-order chi connectivity index (χ1) is 21.4. The van der Waals surface area contributed by atoms with Gasteiger partial charge in [0.05, 0.1) is 22.1 Å². The SMILES string of the molecule is C=CCN(Cn1nnc2ccccc21)C(=O)C1N(CCCO)C(=O)[C@@H]2[C@H](C(=O)N(CC=C)c3ccccc3)[C@H]3SC12CC3Br. The van der Waals surface area contributed by atoms with Gasteiger partial charge < -0.3 is 19.8 Å². The summed E-state index contributed by atoms with van der Waals surface area (Å²) in [5, 5.41) is 18.1. The second-order valence-corrected chi connectivity index (χ2v) is 14.1. The van der Waals surface area contributed by atoms with Crippen LogP contribution >= 0.6 is 27.7 Å². The highest BCUT2D eigenvalue weighted by atomic mass is 79.9. The van der Waals surface area contributed by atoms with Gasteiger partial charge in [0.15, 0.2) is 0 Å². The van der Waals surface area contributed by atoms with Crippen LogP contribution in [0.25, 0.3) is 11.0 Å². The van der Waals surface area contributed by atoms with Crippen LogP contribution in [0.2, 0.25) is 0 Å². The van der Waals surface area contributed by atoms with E-state index in [0.29, 0.717) is 24.9 Å². The Kier molecular flexibility index (Phi) is 8.67. The Morgan fingerprint density at radius 3 is 2.55 bits per heavy atom. The quantitative estimate of drug-likeness (QED) is 0.231. The molecule has 0 saturated carbocycles. The maximum absolute atomic E-state index is 14.7. The van der Waals surface area contributed by atoms with Gasteiger partial charge in [0.25, 0.3) is 0 Å². The standard InChI is InChI=1S/C32H35BrN6O4S/c1-3-15-36(20-39-24-14-9-8-13-23(24)34-35-39)31(43)28-32-19-22(33)27(44-32)25(26(32)30(42)38(28)17-10-18-40)29(41)37(16-4-2)21-11-6-5-7-12-21/h3-9,11-14,22,25-28,40H,1-2,10,15-20H2/t22?,25-,26-,27-,28?,32?/m0/s1. The molecule has 1 aromatic heterocycles. The molecule has 3 amide bonds. The van der Waals surface area contributed by atoms with Crippen molar-refractivity contribution < 1.29 is 19.5 Å². The molecule has 1 spiro atoms. The fraction of sp³-hybridized carbons (Fsp3) is 0.406. The number of fused-ring (bicyclic) bond motifs is 2. The summed E-state index contributed by atoms with van der Waals surface area (Å²) in [7, 11) is 0. The molecule has 0 radical (unpaired) electrons. The number of hydrogen-bond donors (Lipinski definition) is 1. The van der Waals surface area contributed by atoms with Crippen LogP contribution in [0.3, 0.4) is 0 Å². The summed E-state index contributed by atoms with van der Waals surface area (Å²) in [5.74, 6) is -1.90. The molecule has 44 heavy (non-hydrogen) atoms. The number of aliphatic hydroxyl groups excluding tert-OH is 1. The lowest BCUT2D eigenvalue weighted by molar-refractivity contribution is -0.143. The molecule has 3 aliphatic heterocycles. The lowest BCUT2D eigenvalue weighted by atomic mass is 9.70. The molecule has 3 aromatic rings. The van der Waals surface area contributed by atoms with Crippen molar-refractivity contribution in [2.45, 2.75) is 40.4 Å². The molecular formula is C32H35BrN6O4S. The number of thioether (sulfide) groups is 1. The topological polar surface area (TPSA) is 112 Å². The number of amides is 3. The number of nitrogens with zero attached hydrogens (tertiary/aromatic N) is 6. The zero-order chi connectivity index (χ0) is 31.0. The maximum atomic E-state index is 14.7. The van der Waals surface area contributed by atoms with Crippen molar-refractivity contribution in [1.29, 1.82) is 0 Å². The van der Waals surface area contributed by atoms with E-state index in [9.17, 15) is 19.5 Å². The lowest BCUT2D eigenvalue weighted by Gasteiger charge is -2.38. The molecule has 0 aliphatic carbocycles. The summed E-state index contributed by atoms with van der Waals surface area (Å²) < 4.78 is 0.857. The normalized spacial score (nSPS) is 27.0. The minimum Gasteiger partial charge on any atom is -0.396 e. The summed E-state index contributed by atoms with van der Waals surface area (Å²) in [5.41, 5.74) is 2.24. The van der Waals surface area contributed by atoms with Gasteiger partial charge in [-0.2, -0.15) is 0 Å². The third-order valence-corrected chi connectivity index (χ3v) is 12.1. The first kappa shape index (κ1) is 30.5. The highest BCUT2D eigenvalue weighted by Crippen LogP contribution is 2.68. The number of rotatable bonds is 12. The molecule has 230 valence electrons. The van der Waals surface area contributed by atoms with Gasteiger partial charge >= 0.3 is 0 Å². The third-order valence-electron chi connectivity index (χ3n) is 8.90. The van der Waals surface area contributed by atoms with E-state index in [0.717, 1.165) is 11.2 Å². The van der Waals surface area contributed by atoms with Crippen molar-refractivity contribution >= 4 is 62.1 Å². The third kappa shape index (κ3) is 4.96. The largest absolute Gasteiger partial charge is 0.396 e. The van der Waals surface area contributed by atoms with E-state index >= 15 is 0 Å². The second-order valence-electron chi connectivity index (χ2n) is 11.4. The highest BCUT2D eigenvalue weighted by molar-refractivity contribution is 9.09. The predicted molar refractivity (Wildman–Crippen MR) is 174 cm³/mol. The van der Waals surface area contributed by atoms with Gasteiger partial charge in [0.1, 0.15) is 18.2 Å². The molecule has 3 fully saturated rings. The average Bonchev–Trinajstić information content (AvgIpc) is 3.75. The van der Waals surface area contributed by atoms with Gasteiger partial charge in [0.2, 0.25) is 17.7 Å².